The van der Waals surface area contributed by atoms with E-state index in [4.69, 9.17) is 9.47 Å². The summed E-state index contributed by atoms with van der Waals surface area (Å²) in [5.41, 5.74) is 0.698. The van der Waals surface area contributed by atoms with Gasteiger partial charge in [-0.25, -0.2) is 0 Å². The molecular weight excluding hydrogens is 301 g/mol. The van der Waals surface area contributed by atoms with E-state index < -0.39 is 15.5 Å². The molecule has 0 radical (unpaired) electrons. The van der Waals surface area contributed by atoms with Gasteiger partial charge in [0.25, 0.3) is 0 Å². The van der Waals surface area contributed by atoms with Crippen molar-refractivity contribution in [3.63, 3.8) is 0 Å². The molecule has 0 aliphatic carbocycles. The number of amides is 1. The van der Waals surface area contributed by atoms with Gasteiger partial charge < -0.3 is 14.4 Å². The maximum absolute atomic E-state index is 13.0. The third kappa shape index (κ3) is 3.44. The van der Waals surface area contributed by atoms with Gasteiger partial charge in [-0.15, -0.1) is 3.89 Å². The van der Waals surface area contributed by atoms with Crippen molar-refractivity contribution in [2.75, 3.05) is 20.8 Å². The summed E-state index contributed by atoms with van der Waals surface area (Å²) in [5.74, 6) is 0.736. The van der Waals surface area contributed by atoms with Crippen LogP contribution in [0.3, 0.4) is 0 Å². The smallest absolute Gasteiger partial charge is 0.307 e. The molecule has 1 unspecified atom stereocenters. The summed E-state index contributed by atoms with van der Waals surface area (Å²) >= 11 is 0. The largest absolute Gasteiger partial charge is 0.497 e. The summed E-state index contributed by atoms with van der Waals surface area (Å²) in [7, 11) is -1.69. The number of methoxy groups -OCH3 is 2. The lowest BCUT2D eigenvalue weighted by Gasteiger charge is -2.18. The summed E-state index contributed by atoms with van der Waals surface area (Å²) in [6.07, 6.45) is -0.322. The van der Waals surface area contributed by atoms with E-state index >= 15 is 0 Å². The third-order valence-corrected chi connectivity index (χ3v) is 4.54. The van der Waals surface area contributed by atoms with Gasteiger partial charge in [0, 0.05) is 31.1 Å². The molecule has 1 fully saturated rings. The average molecular weight is 317 g/mol. The fourth-order valence-corrected chi connectivity index (χ4v) is 2.97. The lowest BCUT2D eigenvalue weighted by molar-refractivity contribution is -0.128. The summed E-state index contributed by atoms with van der Waals surface area (Å²) in [6, 6.07) is 5.10. The number of ether oxygens (including phenoxy) is 2. The van der Waals surface area contributed by atoms with E-state index in [0.717, 1.165) is 0 Å². The van der Waals surface area contributed by atoms with Crippen molar-refractivity contribution >= 4 is 16.1 Å². The number of nitrogens with zero attached hydrogens (tertiary/aromatic N) is 1. The Morgan fingerprint density at radius 1 is 1.33 bits per heavy atom. The van der Waals surface area contributed by atoms with Crippen LogP contribution in [0.15, 0.2) is 18.2 Å². The second-order valence-electron chi connectivity index (χ2n) is 4.75. The van der Waals surface area contributed by atoms with Crippen molar-refractivity contribution < 1.29 is 26.6 Å². The molecule has 0 spiro atoms. The van der Waals surface area contributed by atoms with Crippen molar-refractivity contribution in [1.82, 2.24) is 4.90 Å². The molecule has 1 aromatic carbocycles. The van der Waals surface area contributed by atoms with Crippen LogP contribution in [0.4, 0.5) is 3.89 Å². The van der Waals surface area contributed by atoms with E-state index in [0.29, 0.717) is 17.1 Å². The Balaban J connectivity index is 2.17. The molecule has 0 saturated carbocycles. The highest BCUT2D eigenvalue weighted by atomic mass is 32.3. The van der Waals surface area contributed by atoms with Crippen molar-refractivity contribution in [1.29, 1.82) is 0 Å². The summed E-state index contributed by atoms with van der Waals surface area (Å²) in [4.78, 5) is 13.1. The molecule has 8 heteroatoms. The van der Waals surface area contributed by atoms with Crippen LogP contribution < -0.4 is 9.47 Å². The maximum Gasteiger partial charge on any atom is 0.307 e. The van der Waals surface area contributed by atoms with E-state index in [1.54, 1.807) is 18.2 Å². The molecule has 116 valence electrons. The first-order chi connectivity index (χ1) is 9.85. The van der Waals surface area contributed by atoms with Crippen molar-refractivity contribution in [3.8, 4) is 11.5 Å². The van der Waals surface area contributed by atoms with E-state index in [1.165, 1.54) is 19.1 Å². The second kappa shape index (κ2) is 5.88. The molecule has 0 N–H and O–H groups in total. The SMILES string of the molecule is COc1ccc(CN2CC(S(=O)(=O)F)CC2=O)c(OC)c1. The maximum atomic E-state index is 13.0. The van der Waals surface area contributed by atoms with Gasteiger partial charge >= 0.3 is 10.2 Å². The molecule has 1 aromatic rings. The summed E-state index contributed by atoms with van der Waals surface area (Å²) < 4.78 is 45.1. The van der Waals surface area contributed by atoms with Gasteiger partial charge in [0.2, 0.25) is 5.91 Å². The van der Waals surface area contributed by atoms with Crippen LogP contribution in [0.5, 0.6) is 11.5 Å². The quantitative estimate of drug-likeness (QED) is 0.761. The van der Waals surface area contributed by atoms with Crippen LogP contribution in [0.25, 0.3) is 0 Å². The Labute approximate surface area is 122 Å². The Hall–Kier alpha value is -1.83. The predicted molar refractivity (Wildman–Crippen MR) is 73.4 cm³/mol. The van der Waals surface area contributed by atoms with E-state index in [2.05, 4.69) is 0 Å². The van der Waals surface area contributed by atoms with Crippen LogP contribution in [0.1, 0.15) is 12.0 Å². The van der Waals surface area contributed by atoms with E-state index in [1.807, 2.05) is 0 Å². The van der Waals surface area contributed by atoms with Gasteiger partial charge in [-0.2, -0.15) is 8.42 Å². The number of likely N-dealkylation sites (tertiary alicyclic amines) is 1. The minimum Gasteiger partial charge on any atom is -0.497 e. The molecule has 1 amide bonds. The fourth-order valence-electron chi connectivity index (χ4n) is 2.27. The van der Waals surface area contributed by atoms with Crippen LogP contribution in [-0.4, -0.2) is 45.2 Å². The molecule has 21 heavy (non-hydrogen) atoms. The van der Waals surface area contributed by atoms with Crippen molar-refractivity contribution in [2.24, 2.45) is 0 Å². The van der Waals surface area contributed by atoms with Crippen molar-refractivity contribution in [3.05, 3.63) is 23.8 Å². The van der Waals surface area contributed by atoms with Gasteiger partial charge in [-0.05, 0) is 12.1 Å². The van der Waals surface area contributed by atoms with Crippen LogP contribution >= 0.6 is 0 Å². The highest BCUT2D eigenvalue weighted by molar-refractivity contribution is 7.87. The standard InChI is InChI=1S/C13H16FNO5S/c1-19-10-4-3-9(12(5-10)20-2)7-15-8-11(6-13(15)16)21(14,17)18/h3-5,11H,6-8H2,1-2H3. The van der Waals surface area contributed by atoms with Gasteiger partial charge in [0.05, 0.1) is 14.2 Å². The minimum absolute atomic E-state index is 0.146. The minimum atomic E-state index is -4.70. The second-order valence-corrected chi connectivity index (χ2v) is 6.37. The normalized spacial score (nSPS) is 18.9. The summed E-state index contributed by atoms with van der Waals surface area (Å²) in [5, 5.41) is -1.28. The molecule has 1 aliphatic heterocycles. The number of rotatable bonds is 5. The summed E-state index contributed by atoms with van der Waals surface area (Å²) in [6.45, 7) is 0.0187. The highest BCUT2D eigenvalue weighted by Crippen LogP contribution is 2.28. The first kappa shape index (κ1) is 15.6. The number of carbonyl (C=O) groups is 1. The van der Waals surface area contributed by atoms with Gasteiger partial charge in [-0.1, -0.05) is 0 Å². The van der Waals surface area contributed by atoms with Crippen molar-refractivity contribution in [2.45, 2.75) is 18.2 Å². The Bertz CT molecular complexity index is 646. The van der Waals surface area contributed by atoms with E-state index in [-0.39, 0.29) is 25.4 Å². The highest BCUT2D eigenvalue weighted by Gasteiger charge is 2.38. The van der Waals surface area contributed by atoms with Crippen LogP contribution in [0, 0.1) is 0 Å². The Kier molecular flexibility index (Phi) is 4.36. The average Bonchev–Trinajstić information content (AvgIpc) is 2.80. The molecule has 6 nitrogen and oxygen atoms in total. The monoisotopic (exact) mass is 317 g/mol. The van der Waals surface area contributed by atoms with Crippen LogP contribution in [-0.2, 0) is 21.6 Å². The zero-order valence-corrected chi connectivity index (χ0v) is 12.5. The topological polar surface area (TPSA) is 72.9 Å². The zero-order valence-electron chi connectivity index (χ0n) is 11.7. The third-order valence-electron chi connectivity index (χ3n) is 3.43. The molecular formula is C13H16FNO5S. The molecule has 0 aromatic heterocycles. The first-order valence-electron chi connectivity index (χ1n) is 6.27. The predicted octanol–water partition coefficient (Wildman–Crippen LogP) is 1.10. The molecule has 1 heterocycles. The molecule has 1 saturated heterocycles. The lowest BCUT2D eigenvalue weighted by atomic mass is 10.2. The van der Waals surface area contributed by atoms with Gasteiger partial charge in [-0.3, -0.25) is 4.79 Å². The van der Waals surface area contributed by atoms with Crippen LogP contribution in [0.2, 0.25) is 0 Å². The van der Waals surface area contributed by atoms with Gasteiger partial charge in [0.15, 0.2) is 0 Å². The zero-order chi connectivity index (χ0) is 15.6. The number of halogens is 1. The fraction of sp³-hybridized carbons (Fsp3) is 0.462. The number of hydrogen-bond acceptors (Lipinski definition) is 5. The number of hydrogen-bond donors (Lipinski definition) is 0. The number of carbonyl (C=O) groups excluding carboxylic acids is 1. The molecule has 1 atom stereocenters. The molecule has 1 aliphatic rings. The Morgan fingerprint density at radius 2 is 2.05 bits per heavy atom. The first-order valence-corrected chi connectivity index (χ1v) is 7.72. The van der Waals surface area contributed by atoms with E-state index in [9.17, 15) is 17.1 Å². The molecule has 2 rings (SSSR count). The lowest BCUT2D eigenvalue weighted by Crippen LogP contribution is -2.27. The number of benzene rings is 1. The molecule has 0 bridgehead atoms. The Morgan fingerprint density at radius 3 is 2.57 bits per heavy atom. The van der Waals surface area contributed by atoms with Gasteiger partial charge in [0.1, 0.15) is 16.7 Å².